The molecule has 2 aliphatic heterocycles. The first-order valence-electron chi connectivity index (χ1n) is 9.25. The van der Waals surface area contributed by atoms with Gasteiger partial charge >= 0.3 is 0 Å². The third-order valence-corrected chi connectivity index (χ3v) is 8.33. The number of halogens is 1. The molecule has 3 aromatic rings. The minimum Gasteiger partial charge on any atom is -0.297 e. The predicted octanol–water partition coefficient (Wildman–Crippen LogP) is 3.50. The molecule has 144 valence electrons. The summed E-state index contributed by atoms with van der Waals surface area (Å²) in [5, 5.41) is 4.58. The minimum atomic E-state index is -3.29. The number of aryl methyl sites for hydroxylation is 1. The molecule has 0 saturated carbocycles. The van der Waals surface area contributed by atoms with Gasteiger partial charge in [-0.25, -0.2) is 8.42 Å². The average molecular weight is 414 g/mol. The van der Waals surface area contributed by atoms with Gasteiger partial charge in [0.15, 0.2) is 9.84 Å². The lowest BCUT2D eigenvalue weighted by Crippen LogP contribution is -2.25. The molecule has 0 amide bonds. The Kier molecular flexibility index (Phi) is 4.12. The number of rotatable bonds is 3. The number of sulfone groups is 1. The van der Waals surface area contributed by atoms with Gasteiger partial charge in [0.05, 0.1) is 16.3 Å². The van der Waals surface area contributed by atoms with E-state index in [1.807, 2.05) is 55.8 Å². The molecule has 5 rings (SSSR count). The number of nitrogens with zero attached hydrogens (tertiary/aromatic N) is 3. The lowest BCUT2D eigenvalue weighted by molar-refractivity contribution is 0.325. The van der Waals surface area contributed by atoms with Crippen molar-refractivity contribution in [2.75, 3.05) is 13.1 Å². The maximum atomic E-state index is 13.1. The van der Waals surface area contributed by atoms with Gasteiger partial charge in [-0.3, -0.25) is 9.58 Å². The quantitative estimate of drug-likeness (QED) is 0.659. The van der Waals surface area contributed by atoms with E-state index in [2.05, 4.69) is 10.00 Å². The lowest BCUT2D eigenvalue weighted by Gasteiger charge is -2.17. The average Bonchev–Trinajstić information content (AvgIpc) is 3.34. The number of hydrogen-bond acceptors (Lipinski definition) is 4. The van der Waals surface area contributed by atoms with Crippen molar-refractivity contribution in [1.82, 2.24) is 14.7 Å². The Morgan fingerprint density at radius 3 is 2.61 bits per heavy atom. The van der Waals surface area contributed by atoms with Crippen LogP contribution in [-0.4, -0.2) is 41.4 Å². The van der Waals surface area contributed by atoms with Gasteiger partial charge in [0.2, 0.25) is 0 Å². The van der Waals surface area contributed by atoms with Crippen LogP contribution in [0.4, 0.5) is 0 Å². The van der Waals surface area contributed by atoms with Crippen molar-refractivity contribution < 1.29 is 8.42 Å². The first-order valence-corrected chi connectivity index (χ1v) is 11.2. The first-order chi connectivity index (χ1) is 13.4. The van der Waals surface area contributed by atoms with Gasteiger partial charge in [-0.2, -0.15) is 5.10 Å². The predicted molar refractivity (Wildman–Crippen MR) is 109 cm³/mol. The number of aromatic nitrogens is 2. The molecule has 5 nitrogen and oxygen atoms in total. The Morgan fingerprint density at radius 1 is 1.11 bits per heavy atom. The van der Waals surface area contributed by atoms with Crippen molar-refractivity contribution in [3.63, 3.8) is 0 Å². The second kappa shape index (κ2) is 6.44. The van der Waals surface area contributed by atoms with E-state index in [0.29, 0.717) is 16.5 Å². The van der Waals surface area contributed by atoms with E-state index in [9.17, 15) is 8.42 Å². The van der Waals surface area contributed by atoms with E-state index >= 15 is 0 Å². The Balaban J connectivity index is 1.46. The van der Waals surface area contributed by atoms with E-state index in [1.54, 1.807) is 10.7 Å². The molecule has 0 N–H and O–H groups in total. The summed E-state index contributed by atoms with van der Waals surface area (Å²) in [6, 6.07) is 13.5. The van der Waals surface area contributed by atoms with Crippen LogP contribution >= 0.6 is 11.6 Å². The van der Waals surface area contributed by atoms with E-state index < -0.39 is 9.84 Å². The van der Waals surface area contributed by atoms with Crippen LogP contribution in [0.1, 0.15) is 17.0 Å². The van der Waals surface area contributed by atoms with Crippen molar-refractivity contribution in [3.05, 3.63) is 71.0 Å². The van der Waals surface area contributed by atoms with E-state index in [-0.39, 0.29) is 11.2 Å². The van der Waals surface area contributed by atoms with Gasteiger partial charge in [0.1, 0.15) is 0 Å². The fraction of sp³-hybridized carbons (Fsp3) is 0.286. The molecule has 2 aromatic carbocycles. The topological polar surface area (TPSA) is 55.2 Å². The van der Waals surface area contributed by atoms with E-state index in [0.717, 1.165) is 35.3 Å². The summed E-state index contributed by atoms with van der Waals surface area (Å²) in [4.78, 5) is 2.73. The first kappa shape index (κ1) is 17.9. The molecule has 0 unspecified atom stereocenters. The Bertz CT molecular complexity index is 1150. The molecule has 1 aromatic heterocycles. The summed E-state index contributed by atoms with van der Waals surface area (Å²) in [7, 11) is -1.41. The highest BCUT2D eigenvalue weighted by atomic mass is 35.5. The monoisotopic (exact) mass is 413 g/mol. The van der Waals surface area contributed by atoms with Gasteiger partial charge in [-0.05, 0) is 41.0 Å². The molecule has 0 spiro atoms. The molecular formula is C21H20ClN3O2S. The molecule has 28 heavy (non-hydrogen) atoms. The van der Waals surface area contributed by atoms with Crippen LogP contribution in [0, 0.1) is 0 Å². The largest absolute Gasteiger partial charge is 0.297 e. The van der Waals surface area contributed by atoms with Crippen molar-refractivity contribution in [1.29, 1.82) is 0 Å². The molecule has 2 atom stereocenters. The molecule has 3 heterocycles. The van der Waals surface area contributed by atoms with Crippen LogP contribution < -0.4 is 0 Å². The summed E-state index contributed by atoms with van der Waals surface area (Å²) in [5.74, 6) is 0.0175. The van der Waals surface area contributed by atoms with Crippen molar-refractivity contribution in [3.8, 4) is 11.1 Å². The van der Waals surface area contributed by atoms with E-state index in [1.165, 1.54) is 0 Å². The molecule has 0 bridgehead atoms. The van der Waals surface area contributed by atoms with Gasteiger partial charge in [-0.1, -0.05) is 29.8 Å². The number of benzene rings is 2. The second-order valence-electron chi connectivity index (χ2n) is 7.67. The molecule has 1 saturated heterocycles. The number of hydrogen-bond donors (Lipinski definition) is 0. The maximum absolute atomic E-state index is 13.1. The standard InChI is InChI=1S/C21H20ClN3O2S/c1-24-11-16(9-23-24)15-4-7-20-18(8-15)19-12-25(13-21(19)28(20,26)27)10-14-2-5-17(22)6-3-14/h2-9,11,19,21H,10,12-13H2,1H3/t19-,21-/m0/s1. The SMILES string of the molecule is Cn1cc(-c2ccc3c(c2)[C@@H]2CN(Cc4ccc(Cl)cc4)C[C@@H]2S3(=O)=O)cn1. The highest BCUT2D eigenvalue weighted by molar-refractivity contribution is 7.92. The summed E-state index contributed by atoms with van der Waals surface area (Å²) < 4.78 is 28.0. The van der Waals surface area contributed by atoms with Gasteiger partial charge in [0, 0.05) is 49.4 Å². The number of fused-ring (bicyclic) bond motifs is 3. The molecular weight excluding hydrogens is 394 g/mol. The van der Waals surface area contributed by atoms with Crippen LogP contribution in [0.3, 0.4) is 0 Å². The normalized spacial score (nSPS) is 22.9. The fourth-order valence-electron chi connectivity index (χ4n) is 4.45. The Morgan fingerprint density at radius 2 is 1.89 bits per heavy atom. The summed E-state index contributed by atoms with van der Waals surface area (Å²) >= 11 is 5.97. The van der Waals surface area contributed by atoms with E-state index in [4.69, 9.17) is 11.6 Å². The maximum Gasteiger partial charge on any atom is 0.183 e. The molecule has 2 aliphatic rings. The highest BCUT2D eigenvalue weighted by Gasteiger charge is 2.50. The van der Waals surface area contributed by atoms with Crippen LogP contribution in [0.2, 0.25) is 5.02 Å². The van der Waals surface area contributed by atoms with Gasteiger partial charge in [-0.15, -0.1) is 0 Å². The van der Waals surface area contributed by atoms with Gasteiger partial charge in [0.25, 0.3) is 0 Å². The fourth-order valence-corrected chi connectivity index (χ4v) is 6.77. The third kappa shape index (κ3) is 2.87. The second-order valence-corrected chi connectivity index (χ2v) is 10.2. The minimum absolute atomic E-state index is 0.0175. The third-order valence-electron chi connectivity index (χ3n) is 5.81. The number of likely N-dealkylation sites (tertiary alicyclic amines) is 1. The van der Waals surface area contributed by atoms with Crippen molar-refractivity contribution >= 4 is 21.4 Å². The van der Waals surface area contributed by atoms with Crippen LogP contribution in [0.15, 0.2) is 59.8 Å². The Labute approximate surface area is 169 Å². The summed E-state index contributed by atoms with van der Waals surface area (Å²) in [5.41, 5.74) is 4.11. The zero-order valence-corrected chi connectivity index (χ0v) is 17.0. The molecule has 1 fully saturated rings. The van der Waals surface area contributed by atoms with Crippen LogP contribution in [0.25, 0.3) is 11.1 Å². The zero-order valence-electron chi connectivity index (χ0n) is 15.4. The zero-order chi connectivity index (χ0) is 19.5. The molecule has 0 radical (unpaired) electrons. The molecule has 7 heteroatoms. The molecule has 0 aliphatic carbocycles. The van der Waals surface area contributed by atoms with Gasteiger partial charge < -0.3 is 0 Å². The van der Waals surface area contributed by atoms with Crippen LogP contribution in [0.5, 0.6) is 0 Å². The van der Waals surface area contributed by atoms with Crippen molar-refractivity contribution in [2.45, 2.75) is 22.6 Å². The summed E-state index contributed by atoms with van der Waals surface area (Å²) in [6.45, 7) is 2.04. The van der Waals surface area contributed by atoms with Crippen LogP contribution in [-0.2, 0) is 23.4 Å². The lowest BCUT2D eigenvalue weighted by atomic mass is 9.95. The Hall–Kier alpha value is -2.15. The summed E-state index contributed by atoms with van der Waals surface area (Å²) in [6.07, 6.45) is 3.76. The van der Waals surface area contributed by atoms with Crippen molar-refractivity contribution in [2.24, 2.45) is 7.05 Å². The highest BCUT2D eigenvalue weighted by Crippen LogP contribution is 2.46. The smallest absolute Gasteiger partial charge is 0.183 e.